The molecule has 1 aliphatic rings. The topological polar surface area (TPSA) is 67.4 Å². The molecule has 3 rings (SSSR count). The van der Waals surface area contributed by atoms with E-state index in [4.69, 9.17) is 4.74 Å². The second kappa shape index (κ2) is 8.52. The highest BCUT2D eigenvalue weighted by atomic mass is 16.5. The molecule has 1 aliphatic carbocycles. The number of carbonyl (C=O) groups excluding carboxylic acids is 2. The molecule has 2 N–H and O–H groups in total. The second-order valence-electron chi connectivity index (χ2n) is 6.52. The van der Waals surface area contributed by atoms with Gasteiger partial charge in [0.05, 0.1) is 11.8 Å². The van der Waals surface area contributed by atoms with E-state index < -0.39 is 0 Å². The van der Waals surface area contributed by atoms with Crippen LogP contribution in [0.2, 0.25) is 0 Å². The predicted molar refractivity (Wildman–Crippen MR) is 101 cm³/mol. The van der Waals surface area contributed by atoms with Crippen molar-refractivity contribution in [3.05, 3.63) is 54.6 Å². The summed E-state index contributed by atoms with van der Waals surface area (Å²) in [6, 6.07) is 16.7. The van der Waals surface area contributed by atoms with Crippen molar-refractivity contribution in [2.45, 2.75) is 26.2 Å². The third kappa shape index (κ3) is 4.85. The molecular formula is C21H24N2O3. The summed E-state index contributed by atoms with van der Waals surface area (Å²) in [5, 5.41) is 5.76. The Balaban J connectivity index is 1.47. The van der Waals surface area contributed by atoms with Crippen LogP contribution in [-0.2, 0) is 9.59 Å². The average molecular weight is 352 g/mol. The Hall–Kier alpha value is -2.82. The first-order valence-electron chi connectivity index (χ1n) is 9.09. The van der Waals surface area contributed by atoms with Gasteiger partial charge in [0.2, 0.25) is 11.8 Å². The Kier molecular flexibility index (Phi) is 5.89. The monoisotopic (exact) mass is 352 g/mol. The number of unbranched alkanes of at least 4 members (excludes halogenated alkanes) is 1. The number of hydrogen-bond donors (Lipinski definition) is 2. The van der Waals surface area contributed by atoms with E-state index in [9.17, 15) is 9.59 Å². The molecule has 0 aliphatic heterocycles. The molecular weight excluding hydrogens is 328 g/mol. The summed E-state index contributed by atoms with van der Waals surface area (Å²) in [5.41, 5.74) is 0.701. The number of anilines is 1. The molecule has 0 heterocycles. The van der Waals surface area contributed by atoms with E-state index in [1.807, 2.05) is 42.5 Å². The number of para-hydroxylation sites is 1. The molecule has 2 aromatic carbocycles. The lowest BCUT2D eigenvalue weighted by Gasteiger charge is -2.08. The van der Waals surface area contributed by atoms with Crippen LogP contribution in [0.25, 0.3) is 0 Å². The summed E-state index contributed by atoms with van der Waals surface area (Å²) in [5.74, 6) is 0.944. The van der Waals surface area contributed by atoms with Gasteiger partial charge in [-0.05, 0) is 49.2 Å². The van der Waals surface area contributed by atoms with E-state index in [0.29, 0.717) is 24.4 Å². The second-order valence-corrected chi connectivity index (χ2v) is 6.52. The summed E-state index contributed by atoms with van der Waals surface area (Å²) in [4.78, 5) is 24.2. The highest BCUT2D eigenvalue weighted by Gasteiger charge is 2.47. The van der Waals surface area contributed by atoms with Crippen LogP contribution in [-0.4, -0.2) is 18.4 Å². The Morgan fingerprint density at radius 3 is 2.31 bits per heavy atom. The fourth-order valence-corrected chi connectivity index (χ4v) is 2.76. The third-order valence-corrected chi connectivity index (χ3v) is 4.39. The smallest absolute Gasteiger partial charge is 0.228 e. The third-order valence-electron chi connectivity index (χ3n) is 4.39. The van der Waals surface area contributed by atoms with Crippen LogP contribution >= 0.6 is 0 Å². The van der Waals surface area contributed by atoms with Crippen molar-refractivity contribution in [2.24, 2.45) is 11.8 Å². The van der Waals surface area contributed by atoms with Crippen molar-refractivity contribution in [1.29, 1.82) is 0 Å². The quantitative estimate of drug-likeness (QED) is 0.707. The van der Waals surface area contributed by atoms with Crippen molar-refractivity contribution < 1.29 is 14.3 Å². The molecule has 26 heavy (non-hydrogen) atoms. The zero-order valence-electron chi connectivity index (χ0n) is 14.9. The molecule has 2 unspecified atom stereocenters. The predicted octanol–water partition coefficient (Wildman–Crippen LogP) is 3.97. The molecule has 0 aromatic heterocycles. The molecule has 0 bridgehead atoms. The van der Waals surface area contributed by atoms with Crippen LogP contribution in [0.1, 0.15) is 26.2 Å². The molecule has 0 radical (unpaired) electrons. The summed E-state index contributed by atoms with van der Waals surface area (Å²) in [7, 11) is 0. The van der Waals surface area contributed by atoms with E-state index >= 15 is 0 Å². The molecule has 1 saturated carbocycles. The maximum absolute atomic E-state index is 12.3. The number of ether oxygens (including phenoxy) is 1. The molecule has 2 amide bonds. The van der Waals surface area contributed by atoms with Crippen molar-refractivity contribution in [2.75, 3.05) is 11.9 Å². The summed E-state index contributed by atoms with van der Waals surface area (Å²) < 4.78 is 5.73. The average Bonchev–Trinajstić information content (AvgIpc) is 3.45. The lowest BCUT2D eigenvalue weighted by Crippen LogP contribution is -2.28. The first-order chi connectivity index (χ1) is 12.7. The standard InChI is InChI=1S/C21H24N2O3/c1-2-3-13-22-20(24)18-14-19(18)21(25)23-15-9-11-17(12-10-15)26-16-7-5-4-6-8-16/h4-12,18-19H,2-3,13-14H2,1H3,(H,22,24)(H,23,25). The number of carbonyl (C=O) groups is 2. The summed E-state index contributed by atoms with van der Waals surface area (Å²) in [6.07, 6.45) is 2.63. The normalized spacial score (nSPS) is 18.0. The lowest BCUT2D eigenvalue weighted by atomic mass is 10.2. The van der Waals surface area contributed by atoms with Gasteiger partial charge in [-0.3, -0.25) is 9.59 Å². The van der Waals surface area contributed by atoms with E-state index in [1.165, 1.54) is 0 Å². The van der Waals surface area contributed by atoms with E-state index in [0.717, 1.165) is 18.6 Å². The summed E-state index contributed by atoms with van der Waals surface area (Å²) in [6.45, 7) is 2.76. The Morgan fingerprint density at radius 1 is 0.962 bits per heavy atom. The Morgan fingerprint density at radius 2 is 1.62 bits per heavy atom. The molecule has 2 aromatic rings. The van der Waals surface area contributed by atoms with Gasteiger partial charge in [0.1, 0.15) is 11.5 Å². The maximum Gasteiger partial charge on any atom is 0.228 e. The molecule has 1 fully saturated rings. The molecule has 136 valence electrons. The van der Waals surface area contributed by atoms with Gasteiger partial charge in [-0.15, -0.1) is 0 Å². The maximum atomic E-state index is 12.3. The number of amides is 2. The minimum Gasteiger partial charge on any atom is -0.457 e. The van der Waals surface area contributed by atoms with E-state index in [-0.39, 0.29) is 23.7 Å². The van der Waals surface area contributed by atoms with Gasteiger partial charge in [-0.25, -0.2) is 0 Å². The number of nitrogens with one attached hydrogen (secondary N) is 2. The van der Waals surface area contributed by atoms with Gasteiger partial charge in [-0.1, -0.05) is 31.5 Å². The molecule has 5 heteroatoms. The fourth-order valence-electron chi connectivity index (χ4n) is 2.76. The molecule has 0 saturated heterocycles. The molecule has 0 spiro atoms. The SMILES string of the molecule is CCCCNC(=O)C1CC1C(=O)Nc1ccc(Oc2ccccc2)cc1. The zero-order chi connectivity index (χ0) is 18.4. The first-order valence-corrected chi connectivity index (χ1v) is 9.09. The van der Waals surface area contributed by atoms with Gasteiger partial charge in [0.25, 0.3) is 0 Å². The largest absolute Gasteiger partial charge is 0.457 e. The Bertz CT molecular complexity index is 744. The van der Waals surface area contributed by atoms with Gasteiger partial charge >= 0.3 is 0 Å². The number of benzene rings is 2. The van der Waals surface area contributed by atoms with Crippen molar-refractivity contribution in [1.82, 2.24) is 5.32 Å². The van der Waals surface area contributed by atoms with Gasteiger partial charge in [0, 0.05) is 12.2 Å². The number of hydrogen-bond acceptors (Lipinski definition) is 3. The highest BCUT2D eigenvalue weighted by molar-refractivity contribution is 5.99. The zero-order valence-corrected chi connectivity index (χ0v) is 14.9. The number of rotatable bonds is 8. The minimum absolute atomic E-state index is 0.00907. The van der Waals surface area contributed by atoms with E-state index in [2.05, 4.69) is 17.6 Å². The lowest BCUT2D eigenvalue weighted by molar-refractivity contribution is -0.125. The van der Waals surface area contributed by atoms with Gasteiger partial charge in [0.15, 0.2) is 0 Å². The summed E-state index contributed by atoms with van der Waals surface area (Å²) >= 11 is 0. The van der Waals surface area contributed by atoms with Crippen LogP contribution < -0.4 is 15.4 Å². The van der Waals surface area contributed by atoms with Crippen LogP contribution in [0.5, 0.6) is 11.5 Å². The Labute approximate surface area is 153 Å². The van der Waals surface area contributed by atoms with Crippen LogP contribution in [0.15, 0.2) is 54.6 Å². The first kappa shape index (κ1) is 18.0. The minimum atomic E-state index is -0.225. The van der Waals surface area contributed by atoms with Gasteiger partial charge in [-0.2, -0.15) is 0 Å². The van der Waals surface area contributed by atoms with Crippen LogP contribution in [0, 0.1) is 11.8 Å². The molecule has 2 atom stereocenters. The molecule has 5 nitrogen and oxygen atoms in total. The fraction of sp³-hybridized carbons (Fsp3) is 0.333. The van der Waals surface area contributed by atoms with Crippen LogP contribution in [0.4, 0.5) is 5.69 Å². The van der Waals surface area contributed by atoms with Gasteiger partial charge < -0.3 is 15.4 Å². The van der Waals surface area contributed by atoms with E-state index in [1.54, 1.807) is 12.1 Å². The highest BCUT2D eigenvalue weighted by Crippen LogP contribution is 2.39. The van der Waals surface area contributed by atoms with Crippen LogP contribution in [0.3, 0.4) is 0 Å². The van der Waals surface area contributed by atoms with Crippen molar-refractivity contribution in [3.63, 3.8) is 0 Å². The van der Waals surface area contributed by atoms with Crippen molar-refractivity contribution >= 4 is 17.5 Å². The van der Waals surface area contributed by atoms with Crippen molar-refractivity contribution in [3.8, 4) is 11.5 Å².